The molecule has 1 aromatic carbocycles. The molecule has 128 valence electrons. The smallest absolute Gasteiger partial charge is 0.387 e. The highest BCUT2D eigenvalue weighted by molar-refractivity contribution is 5.79. The Kier molecular flexibility index (Phi) is 6.23. The van der Waals surface area contributed by atoms with Crippen molar-refractivity contribution in [3.63, 3.8) is 0 Å². The van der Waals surface area contributed by atoms with E-state index in [2.05, 4.69) is 9.72 Å². The Bertz CT molecular complexity index is 663. The van der Waals surface area contributed by atoms with E-state index in [1.54, 1.807) is 29.4 Å². The first-order valence-corrected chi connectivity index (χ1v) is 7.68. The molecule has 0 saturated heterocycles. The molecule has 0 aliphatic rings. The second-order valence-corrected chi connectivity index (χ2v) is 5.68. The lowest BCUT2D eigenvalue weighted by Gasteiger charge is -2.27. The van der Waals surface area contributed by atoms with Crippen LogP contribution in [0.2, 0.25) is 0 Å². The fourth-order valence-electron chi connectivity index (χ4n) is 2.35. The minimum atomic E-state index is -2.88. The van der Waals surface area contributed by atoms with Crippen molar-refractivity contribution in [3.05, 3.63) is 59.9 Å². The molecule has 0 aliphatic heterocycles. The van der Waals surface area contributed by atoms with Gasteiger partial charge in [-0.3, -0.25) is 9.78 Å². The molecular weight excluding hydrogens is 314 g/mol. The quantitative estimate of drug-likeness (QED) is 0.776. The summed E-state index contributed by atoms with van der Waals surface area (Å²) in [4.78, 5) is 18.4. The third-order valence-electron chi connectivity index (χ3n) is 3.50. The Labute approximate surface area is 140 Å². The van der Waals surface area contributed by atoms with E-state index in [9.17, 15) is 13.6 Å². The molecule has 1 aromatic heterocycles. The average Bonchev–Trinajstić information content (AvgIpc) is 2.53. The number of benzene rings is 1. The van der Waals surface area contributed by atoms with Crippen LogP contribution in [0.3, 0.4) is 0 Å². The first kappa shape index (κ1) is 17.8. The van der Waals surface area contributed by atoms with E-state index in [-0.39, 0.29) is 24.1 Å². The van der Waals surface area contributed by atoms with Crippen molar-refractivity contribution in [1.82, 2.24) is 9.88 Å². The molecule has 4 nitrogen and oxygen atoms in total. The molecule has 0 bridgehead atoms. The number of rotatable bonds is 7. The van der Waals surface area contributed by atoms with Gasteiger partial charge in [-0.05, 0) is 43.2 Å². The number of hydrogen-bond donors (Lipinski definition) is 0. The van der Waals surface area contributed by atoms with Gasteiger partial charge in [-0.2, -0.15) is 8.78 Å². The van der Waals surface area contributed by atoms with Crippen molar-refractivity contribution in [2.75, 3.05) is 0 Å². The fraction of sp³-hybridized carbons (Fsp3) is 0.333. The van der Waals surface area contributed by atoms with Crippen molar-refractivity contribution in [2.24, 2.45) is 0 Å². The number of halogens is 2. The van der Waals surface area contributed by atoms with Crippen LogP contribution in [-0.2, 0) is 17.8 Å². The number of hydrogen-bond acceptors (Lipinski definition) is 3. The molecule has 0 unspecified atom stereocenters. The van der Waals surface area contributed by atoms with Crippen molar-refractivity contribution < 1.29 is 18.3 Å². The average molecular weight is 334 g/mol. The molecule has 0 atom stereocenters. The van der Waals surface area contributed by atoms with Gasteiger partial charge in [0.05, 0.1) is 6.42 Å². The lowest BCUT2D eigenvalue weighted by Crippen LogP contribution is -2.37. The standard InChI is InChI=1S/C18H20F2N2O2/c1-13(2)22(12-15-6-4-8-21-11-15)17(23)10-14-5-3-7-16(9-14)24-18(19)20/h3-9,11,13,18H,10,12H2,1-2H3. The number of ether oxygens (including phenoxy) is 1. The van der Waals surface area contributed by atoms with E-state index < -0.39 is 6.61 Å². The monoisotopic (exact) mass is 334 g/mol. The van der Waals surface area contributed by atoms with Gasteiger partial charge in [0.2, 0.25) is 5.91 Å². The van der Waals surface area contributed by atoms with Gasteiger partial charge >= 0.3 is 6.61 Å². The lowest BCUT2D eigenvalue weighted by atomic mass is 10.1. The molecule has 0 N–H and O–H groups in total. The van der Waals surface area contributed by atoms with Gasteiger partial charge in [0.1, 0.15) is 5.75 Å². The first-order valence-electron chi connectivity index (χ1n) is 7.68. The number of carbonyl (C=O) groups is 1. The first-order chi connectivity index (χ1) is 11.5. The van der Waals surface area contributed by atoms with E-state index in [0.29, 0.717) is 12.1 Å². The molecule has 24 heavy (non-hydrogen) atoms. The van der Waals surface area contributed by atoms with E-state index in [1.165, 1.54) is 12.1 Å². The molecule has 0 radical (unpaired) electrons. The van der Waals surface area contributed by atoms with Gasteiger partial charge in [-0.1, -0.05) is 18.2 Å². The Balaban J connectivity index is 2.08. The van der Waals surface area contributed by atoms with Gasteiger partial charge in [0, 0.05) is 25.0 Å². The van der Waals surface area contributed by atoms with Crippen LogP contribution in [0.5, 0.6) is 5.75 Å². The summed E-state index contributed by atoms with van der Waals surface area (Å²) in [5.74, 6) is -0.0262. The lowest BCUT2D eigenvalue weighted by molar-refractivity contribution is -0.132. The third kappa shape index (κ3) is 5.30. The van der Waals surface area contributed by atoms with Gasteiger partial charge in [-0.25, -0.2) is 0 Å². The topological polar surface area (TPSA) is 42.4 Å². The summed E-state index contributed by atoms with van der Waals surface area (Å²) in [7, 11) is 0. The molecule has 0 saturated carbocycles. The van der Waals surface area contributed by atoms with Crippen molar-refractivity contribution in [1.29, 1.82) is 0 Å². The minimum absolute atomic E-state index is 0.0122. The normalized spacial score (nSPS) is 10.9. The van der Waals surface area contributed by atoms with Crippen LogP contribution in [-0.4, -0.2) is 28.4 Å². The molecule has 0 spiro atoms. The SMILES string of the molecule is CC(C)N(Cc1cccnc1)C(=O)Cc1cccc(OC(F)F)c1. The van der Waals surface area contributed by atoms with Crippen LogP contribution in [0.4, 0.5) is 8.78 Å². The summed E-state index contributed by atoms with van der Waals surface area (Å²) in [6.07, 6.45) is 3.53. The fourth-order valence-corrected chi connectivity index (χ4v) is 2.35. The Morgan fingerprint density at radius 1 is 1.21 bits per heavy atom. The highest BCUT2D eigenvalue weighted by Crippen LogP contribution is 2.18. The second kappa shape index (κ2) is 8.38. The maximum atomic E-state index is 12.6. The highest BCUT2D eigenvalue weighted by atomic mass is 19.3. The minimum Gasteiger partial charge on any atom is -0.435 e. The molecule has 1 amide bonds. The maximum Gasteiger partial charge on any atom is 0.387 e. The summed E-state index contributed by atoms with van der Waals surface area (Å²) in [6, 6.07) is 9.97. The number of alkyl halides is 2. The summed E-state index contributed by atoms with van der Waals surface area (Å²) in [6.45, 7) is 1.45. The van der Waals surface area contributed by atoms with Crippen LogP contribution in [0.1, 0.15) is 25.0 Å². The van der Waals surface area contributed by atoms with Gasteiger partial charge in [0.15, 0.2) is 0 Å². The molecule has 2 aromatic rings. The van der Waals surface area contributed by atoms with E-state index >= 15 is 0 Å². The summed E-state index contributed by atoms with van der Waals surface area (Å²) >= 11 is 0. The second-order valence-electron chi connectivity index (χ2n) is 5.68. The van der Waals surface area contributed by atoms with Crippen molar-refractivity contribution >= 4 is 5.91 Å². The van der Waals surface area contributed by atoms with Gasteiger partial charge in [0.25, 0.3) is 0 Å². The molecule has 0 fully saturated rings. The van der Waals surface area contributed by atoms with E-state index in [0.717, 1.165) is 5.56 Å². The molecule has 2 rings (SSSR count). The van der Waals surface area contributed by atoms with Gasteiger partial charge in [-0.15, -0.1) is 0 Å². The summed E-state index contributed by atoms with van der Waals surface area (Å²) < 4.78 is 28.9. The Morgan fingerprint density at radius 2 is 1.96 bits per heavy atom. The van der Waals surface area contributed by atoms with E-state index in [4.69, 9.17) is 0 Å². The van der Waals surface area contributed by atoms with Crippen LogP contribution in [0.15, 0.2) is 48.8 Å². The number of aromatic nitrogens is 1. The van der Waals surface area contributed by atoms with Gasteiger partial charge < -0.3 is 9.64 Å². The number of pyridine rings is 1. The molecular formula is C18H20F2N2O2. The Hall–Kier alpha value is -2.50. The van der Waals surface area contributed by atoms with Crippen LogP contribution in [0.25, 0.3) is 0 Å². The summed E-state index contributed by atoms with van der Waals surface area (Å²) in [5.41, 5.74) is 1.57. The van der Waals surface area contributed by atoms with Crippen LogP contribution in [0, 0.1) is 0 Å². The zero-order chi connectivity index (χ0) is 17.5. The van der Waals surface area contributed by atoms with Crippen molar-refractivity contribution in [2.45, 2.75) is 39.5 Å². The number of amides is 1. The maximum absolute atomic E-state index is 12.6. The van der Waals surface area contributed by atoms with Crippen LogP contribution < -0.4 is 4.74 Å². The third-order valence-corrected chi connectivity index (χ3v) is 3.50. The molecule has 6 heteroatoms. The van der Waals surface area contributed by atoms with E-state index in [1.807, 2.05) is 26.0 Å². The predicted molar refractivity (Wildman–Crippen MR) is 86.7 cm³/mol. The van der Waals surface area contributed by atoms with Crippen molar-refractivity contribution in [3.8, 4) is 5.75 Å². The number of nitrogens with zero attached hydrogens (tertiary/aromatic N) is 2. The molecule has 0 aliphatic carbocycles. The van der Waals surface area contributed by atoms with Crippen LogP contribution >= 0.6 is 0 Å². The summed E-state index contributed by atoms with van der Waals surface area (Å²) in [5, 5.41) is 0. The predicted octanol–water partition coefficient (Wildman–Crippen LogP) is 3.66. The zero-order valence-electron chi connectivity index (χ0n) is 13.7. The highest BCUT2D eigenvalue weighted by Gasteiger charge is 2.18. The Morgan fingerprint density at radius 3 is 2.58 bits per heavy atom. The zero-order valence-corrected chi connectivity index (χ0v) is 13.7. The number of carbonyl (C=O) groups excluding carboxylic acids is 1. The largest absolute Gasteiger partial charge is 0.435 e. The molecule has 1 heterocycles.